The lowest BCUT2D eigenvalue weighted by Gasteiger charge is -2.55. The second-order valence-electron chi connectivity index (χ2n) is 14.8. The van der Waals surface area contributed by atoms with Gasteiger partial charge in [-0.1, -0.05) is 72.3 Å². The van der Waals surface area contributed by atoms with Gasteiger partial charge in [0.05, 0.1) is 48.3 Å². The number of hydrogen-bond donors (Lipinski definition) is 1. The number of methoxy groups -OCH3 is 2. The van der Waals surface area contributed by atoms with Crippen LogP contribution in [-0.2, 0) is 36.9 Å². The molecule has 298 valence electrons. The van der Waals surface area contributed by atoms with E-state index in [0.717, 1.165) is 0 Å². The van der Waals surface area contributed by atoms with Crippen molar-refractivity contribution in [2.24, 2.45) is 23.7 Å². The molecule has 8 rings (SSSR count). The molecule has 0 spiro atoms. The van der Waals surface area contributed by atoms with Crippen LogP contribution in [-0.4, -0.2) is 42.7 Å². The van der Waals surface area contributed by atoms with Crippen LogP contribution in [0.5, 0.6) is 17.2 Å². The van der Waals surface area contributed by atoms with Crippen LogP contribution in [0.4, 0.5) is 32.0 Å². The Kier molecular flexibility index (Phi) is 9.16. The van der Waals surface area contributed by atoms with Gasteiger partial charge in [0.1, 0.15) is 17.2 Å². The van der Waals surface area contributed by atoms with E-state index < -0.39 is 87.6 Å². The number of nitrogens with zero attached hydrogens (tertiary/aromatic N) is 1. The van der Waals surface area contributed by atoms with Gasteiger partial charge in [0.2, 0.25) is 11.8 Å². The largest absolute Gasteiger partial charge is 0.508 e. The van der Waals surface area contributed by atoms with Gasteiger partial charge < -0.3 is 14.6 Å². The van der Waals surface area contributed by atoms with Gasteiger partial charge >= 0.3 is 12.4 Å². The van der Waals surface area contributed by atoms with Crippen molar-refractivity contribution in [2.75, 3.05) is 19.1 Å². The van der Waals surface area contributed by atoms with E-state index >= 15 is 9.59 Å². The number of aromatic hydroxyl groups is 1. The average molecular weight is 802 g/mol. The number of fused-ring (bicyclic) bond motifs is 4. The summed E-state index contributed by atoms with van der Waals surface area (Å²) in [5.74, 6) is -9.10. The van der Waals surface area contributed by atoms with E-state index in [1.54, 1.807) is 66.7 Å². The first kappa shape index (κ1) is 38.7. The Morgan fingerprint density at radius 1 is 0.741 bits per heavy atom. The van der Waals surface area contributed by atoms with Crippen LogP contribution in [0.25, 0.3) is 5.57 Å². The Labute approximate surface area is 327 Å². The van der Waals surface area contributed by atoms with Crippen molar-refractivity contribution in [3.05, 3.63) is 137 Å². The van der Waals surface area contributed by atoms with Gasteiger partial charge in [-0.05, 0) is 54.2 Å². The van der Waals surface area contributed by atoms with Crippen LogP contribution in [0.1, 0.15) is 46.6 Å². The standard InChI is InChI=1S/C44H33F6NO7/c1-57-33-18-27(52)19-34(58-2)37(33)38-28-13-14-29-36(41(56)51(40(29)55)26-16-24(43(45,46)47)15-25(17-26)44(48,49)50)31(28)20-32-39(54)30(22-9-5-3-6-10-22)21-35(53)42(32,38)23-11-7-4-8-12-23/h3-13,15-19,21,29,31-32,36,38,52H,14,20H2,1-2H3. The Bertz CT molecular complexity index is 2380. The molecule has 4 aromatic carbocycles. The van der Waals surface area contributed by atoms with Crippen molar-refractivity contribution in [2.45, 2.75) is 36.5 Å². The summed E-state index contributed by atoms with van der Waals surface area (Å²) >= 11 is 0. The molecule has 58 heavy (non-hydrogen) atoms. The first-order valence-electron chi connectivity index (χ1n) is 18.3. The van der Waals surface area contributed by atoms with Crippen LogP contribution in [0.3, 0.4) is 0 Å². The lowest BCUT2D eigenvalue weighted by atomic mass is 9.44. The summed E-state index contributed by atoms with van der Waals surface area (Å²) in [5.41, 5.74) is -4.38. The summed E-state index contributed by atoms with van der Waals surface area (Å²) in [5, 5.41) is 10.7. The van der Waals surface area contributed by atoms with Crippen LogP contribution in [0, 0.1) is 23.7 Å². The number of ketones is 2. The van der Waals surface area contributed by atoms with Gasteiger partial charge in [-0.15, -0.1) is 0 Å². The summed E-state index contributed by atoms with van der Waals surface area (Å²) in [6.07, 6.45) is -7.90. The summed E-state index contributed by atoms with van der Waals surface area (Å²) in [6.45, 7) is 0. The van der Waals surface area contributed by atoms with Crippen LogP contribution in [0.15, 0.2) is 109 Å². The molecule has 1 saturated heterocycles. The number of carbonyl (C=O) groups excluding carboxylic acids is 4. The first-order valence-corrected chi connectivity index (χ1v) is 18.3. The number of Topliss-reactive ketones (excluding diaryl/α,β-unsaturated/α-hetero) is 1. The minimum absolute atomic E-state index is 0.0664. The second-order valence-corrected chi connectivity index (χ2v) is 14.8. The fraction of sp³-hybridized carbons (Fsp3) is 0.273. The van der Waals surface area contributed by atoms with Crippen molar-refractivity contribution < 1.29 is 60.1 Å². The maximum Gasteiger partial charge on any atom is 0.416 e. The molecule has 3 aliphatic carbocycles. The Morgan fingerprint density at radius 3 is 1.86 bits per heavy atom. The summed E-state index contributed by atoms with van der Waals surface area (Å²) in [7, 11) is 2.66. The average Bonchev–Trinajstić information content (AvgIpc) is 3.46. The topological polar surface area (TPSA) is 110 Å². The normalized spacial score (nSPS) is 25.7. The number of imide groups is 1. The van der Waals surface area contributed by atoms with Crippen molar-refractivity contribution >= 4 is 34.6 Å². The highest BCUT2D eigenvalue weighted by atomic mass is 19.4. The maximum atomic E-state index is 15.3. The van der Waals surface area contributed by atoms with Crippen LogP contribution in [0.2, 0.25) is 0 Å². The van der Waals surface area contributed by atoms with Gasteiger partial charge in [-0.2, -0.15) is 26.3 Å². The number of allylic oxidation sites excluding steroid dienone is 4. The molecule has 0 bridgehead atoms. The summed E-state index contributed by atoms with van der Waals surface area (Å²) in [6, 6.07) is 20.2. The minimum Gasteiger partial charge on any atom is -0.508 e. The molecule has 2 fully saturated rings. The Morgan fingerprint density at radius 2 is 1.31 bits per heavy atom. The number of anilines is 1. The van der Waals surface area contributed by atoms with E-state index in [0.29, 0.717) is 33.7 Å². The molecule has 6 unspecified atom stereocenters. The number of hydrogen-bond acceptors (Lipinski definition) is 7. The van der Waals surface area contributed by atoms with Gasteiger partial charge in [-0.3, -0.25) is 19.2 Å². The van der Waals surface area contributed by atoms with Crippen LogP contribution < -0.4 is 14.4 Å². The molecule has 6 atom stereocenters. The third-order valence-corrected chi connectivity index (χ3v) is 12.0. The molecule has 8 nitrogen and oxygen atoms in total. The fourth-order valence-electron chi connectivity index (χ4n) is 9.72. The van der Waals surface area contributed by atoms with E-state index in [4.69, 9.17) is 9.47 Å². The molecule has 2 amide bonds. The number of ether oxygens (including phenoxy) is 2. The number of benzene rings is 4. The molecule has 1 heterocycles. The monoisotopic (exact) mass is 801 g/mol. The third kappa shape index (κ3) is 5.82. The molecule has 4 aromatic rings. The quantitative estimate of drug-likeness (QED) is 0.118. The zero-order valence-corrected chi connectivity index (χ0v) is 30.7. The predicted molar refractivity (Wildman–Crippen MR) is 197 cm³/mol. The summed E-state index contributed by atoms with van der Waals surface area (Å²) in [4.78, 5) is 59.7. The van der Waals surface area contributed by atoms with Crippen LogP contribution >= 0.6 is 0 Å². The second kappa shape index (κ2) is 13.7. The number of rotatable bonds is 6. The molecule has 1 aliphatic heterocycles. The number of carbonyl (C=O) groups is 4. The molecule has 1 saturated carbocycles. The lowest BCUT2D eigenvalue weighted by Crippen LogP contribution is -2.59. The van der Waals surface area contributed by atoms with Crippen molar-refractivity contribution in [3.63, 3.8) is 0 Å². The van der Waals surface area contributed by atoms with Gasteiger partial charge in [0.25, 0.3) is 0 Å². The molecule has 0 aromatic heterocycles. The van der Waals surface area contributed by atoms with E-state index in [1.807, 2.05) is 0 Å². The molecule has 4 aliphatic rings. The predicted octanol–water partition coefficient (Wildman–Crippen LogP) is 8.48. The van der Waals surface area contributed by atoms with Gasteiger partial charge in [0.15, 0.2) is 11.6 Å². The molecule has 1 N–H and O–H groups in total. The number of halogens is 6. The molecule has 14 heteroatoms. The number of alkyl halides is 6. The highest BCUT2D eigenvalue weighted by Gasteiger charge is 2.67. The van der Waals surface area contributed by atoms with Crippen molar-refractivity contribution in [3.8, 4) is 17.2 Å². The van der Waals surface area contributed by atoms with Gasteiger partial charge in [-0.25, -0.2) is 4.90 Å². The van der Waals surface area contributed by atoms with Crippen molar-refractivity contribution in [1.82, 2.24) is 0 Å². The van der Waals surface area contributed by atoms with Crippen molar-refractivity contribution in [1.29, 1.82) is 0 Å². The third-order valence-electron chi connectivity index (χ3n) is 12.0. The first-order chi connectivity index (χ1) is 27.5. The Hall–Kier alpha value is -6.18. The SMILES string of the molecule is COc1cc(O)cc(OC)c1C1C2=CCC3C(=O)N(c4cc(C(F)(F)F)cc(C(F)(F)F)c4)C(=O)C3C2CC2C(=O)C(c3ccccc3)=CC(=O)C21c1ccccc1. The highest BCUT2D eigenvalue weighted by molar-refractivity contribution is 6.32. The van der Waals surface area contributed by atoms with E-state index in [-0.39, 0.29) is 47.3 Å². The number of phenolic OH excluding ortho intramolecular Hbond substituents is 1. The smallest absolute Gasteiger partial charge is 0.416 e. The van der Waals surface area contributed by atoms with E-state index in [1.165, 1.54) is 32.4 Å². The maximum absolute atomic E-state index is 15.3. The van der Waals surface area contributed by atoms with E-state index in [2.05, 4.69) is 0 Å². The number of phenols is 1. The minimum atomic E-state index is -5.25. The molecular weight excluding hydrogens is 768 g/mol. The fourth-order valence-corrected chi connectivity index (χ4v) is 9.72. The number of amides is 2. The van der Waals surface area contributed by atoms with E-state index in [9.17, 15) is 41.0 Å². The van der Waals surface area contributed by atoms with Gasteiger partial charge in [0, 0.05) is 35.1 Å². The molecule has 0 radical (unpaired) electrons. The zero-order valence-electron chi connectivity index (χ0n) is 30.7. The molecular formula is C44H33F6NO7. The Balaban J connectivity index is 1.37. The highest BCUT2D eigenvalue weighted by Crippen LogP contribution is 2.66. The lowest BCUT2D eigenvalue weighted by molar-refractivity contribution is -0.143. The summed E-state index contributed by atoms with van der Waals surface area (Å²) < 4.78 is 95.5. The zero-order chi connectivity index (χ0) is 41.5.